The van der Waals surface area contributed by atoms with E-state index in [1.807, 2.05) is 0 Å². The lowest BCUT2D eigenvalue weighted by Gasteiger charge is -2.24. The van der Waals surface area contributed by atoms with Crippen molar-refractivity contribution in [3.8, 4) is 11.4 Å². The van der Waals surface area contributed by atoms with Crippen molar-refractivity contribution in [3.05, 3.63) is 47.3 Å². The van der Waals surface area contributed by atoms with E-state index in [4.69, 9.17) is 9.97 Å². The van der Waals surface area contributed by atoms with Gasteiger partial charge in [-0.05, 0) is 49.1 Å². The number of benzene rings is 1. The Labute approximate surface area is 172 Å². The molecule has 0 saturated carbocycles. The van der Waals surface area contributed by atoms with Crippen LogP contribution >= 0.6 is 0 Å². The number of rotatable bonds is 11. The van der Waals surface area contributed by atoms with E-state index >= 15 is 0 Å². The third kappa shape index (κ3) is 6.15. The molecule has 1 aliphatic rings. The van der Waals surface area contributed by atoms with Gasteiger partial charge in [-0.25, -0.2) is 9.97 Å². The average molecular weight is 379 g/mol. The topological polar surface area (TPSA) is 25.8 Å². The smallest absolute Gasteiger partial charge is 0.159 e. The summed E-state index contributed by atoms with van der Waals surface area (Å²) < 4.78 is 0. The van der Waals surface area contributed by atoms with E-state index in [9.17, 15) is 0 Å². The maximum Gasteiger partial charge on any atom is 0.159 e. The van der Waals surface area contributed by atoms with Gasteiger partial charge in [0.2, 0.25) is 0 Å². The molecule has 0 spiro atoms. The van der Waals surface area contributed by atoms with Gasteiger partial charge < -0.3 is 0 Å². The molecule has 1 heterocycles. The number of hydrogen-bond acceptors (Lipinski definition) is 2. The molecule has 1 unspecified atom stereocenters. The summed E-state index contributed by atoms with van der Waals surface area (Å²) in [6, 6.07) is 8.86. The van der Waals surface area contributed by atoms with Crippen molar-refractivity contribution in [3.63, 3.8) is 0 Å². The Balaban J connectivity index is 1.52. The molecular formula is C26H38N2. The van der Waals surface area contributed by atoms with E-state index in [-0.39, 0.29) is 0 Å². The molecule has 152 valence electrons. The molecule has 2 aromatic rings. The second kappa shape index (κ2) is 11.3. The largest absolute Gasteiger partial charge is 0.236 e. The summed E-state index contributed by atoms with van der Waals surface area (Å²) in [5.74, 6) is 1.74. The first-order chi connectivity index (χ1) is 13.8. The quantitative estimate of drug-likeness (QED) is 0.382. The van der Waals surface area contributed by atoms with Crippen LogP contribution in [-0.4, -0.2) is 9.97 Å². The minimum Gasteiger partial charge on any atom is -0.236 e. The Morgan fingerprint density at radius 1 is 0.893 bits per heavy atom. The van der Waals surface area contributed by atoms with Gasteiger partial charge >= 0.3 is 0 Å². The van der Waals surface area contributed by atoms with Gasteiger partial charge in [0.15, 0.2) is 5.82 Å². The molecule has 0 fully saturated rings. The lowest BCUT2D eigenvalue weighted by Crippen LogP contribution is -2.16. The minimum absolute atomic E-state index is 0.839. The molecule has 0 aliphatic heterocycles. The second-order valence-corrected chi connectivity index (χ2v) is 8.63. The number of nitrogens with zero attached hydrogens (tertiary/aromatic N) is 2. The van der Waals surface area contributed by atoms with Gasteiger partial charge in [-0.15, -0.1) is 0 Å². The lowest BCUT2D eigenvalue weighted by molar-refractivity contribution is 0.400. The molecule has 1 atom stereocenters. The van der Waals surface area contributed by atoms with Gasteiger partial charge in [0.05, 0.1) is 0 Å². The van der Waals surface area contributed by atoms with Crippen LogP contribution in [-0.2, 0) is 19.3 Å². The van der Waals surface area contributed by atoms with Crippen molar-refractivity contribution in [1.82, 2.24) is 9.97 Å². The number of aromatic nitrogens is 2. The molecule has 0 saturated heterocycles. The van der Waals surface area contributed by atoms with Crippen molar-refractivity contribution in [1.29, 1.82) is 0 Å². The number of hydrogen-bond donors (Lipinski definition) is 0. The highest BCUT2D eigenvalue weighted by Crippen LogP contribution is 2.29. The van der Waals surface area contributed by atoms with Crippen molar-refractivity contribution < 1.29 is 0 Å². The number of aryl methyl sites for hydroxylation is 2. The van der Waals surface area contributed by atoms with Crippen LogP contribution in [0.2, 0.25) is 0 Å². The van der Waals surface area contributed by atoms with E-state index in [1.165, 1.54) is 93.9 Å². The molecule has 0 bridgehead atoms. The third-order valence-electron chi connectivity index (χ3n) is 6.25. The minimum atomic E-state index is 0.839. The summed E-state index contributed by atoms with van der Waals surface area (Å²) in [6.45, 7) is 4.53. The zero-order chi connectivity index (χ0) is 19.6. The Morgan fingerprint density at radius 3 is 2.43 bits per heavy atom. The highest BCUT2D eigenvalue weighted by molar-refractivity contribution is 5.55. The van der Waals surface area contributed by atoms with E-state index in [2.05, 4.69) is 44.3 Å². The predicted octanol–water partition coefficient (Wildman–Crippen LogP) is 7.34. The average Bonchev–Trinajstić information content (AvgIpc) is 2.74. The van der Waals surface area contributed by atoms with E-state index in [0.29, 0.717) is 0 Å². The van der Waals surface area contributed by atoms with Crippen LogP contribution in [0, 0.1) is 5.92 Å². The molecular weight excluding hydrogens is 340 g/mol. The standard InChI is InChI=1S/C26H38N2/c1-3-5-7-8-9-10-12-22-15-18-25-24(19-22)20-27-26(28-25)23-16-13-21(14-17-23)11-6-4-2/h13-14,16-17,20,22H,3-12,15,18-19H2,1-2H3. The van der Waals surface area contributed by atoms with Crippen molar-refractivity contribution >= 4 is 0 Å². The maximum absolute atomic E-state index is 4.93. The molecule has 1 aliphatic carbocycles. The third-order valence-corrected chi connectivity index (χ3v) is 6.25. The van der Waals surface area contributed by atoms with Crippen LogP contribution in [0.5, 0.6) is 0 Å². The number of fused-ring (bicyclic) bond motifs is 1. The summed E-state index contributed by atoms with van der Waals surface area (Å²) in [6.07, 6.45) is 19.1. The molecule has 2 heteroatoms. The zero-order valence-electron chi connectivity index (χ0n) is 18.1. The summed E-state index contributed by atoms with van der Waals surface area (Å²) in [5.41, 5.74) is 5.25. The fourth-order valence-electron chi connectivity index (χ4n) is 4.38. The molecule has 1 aromatic carbocycles. The Hall–Kier alpha value is -1.70. The fourth-order valence-corrected chi connectivity index (χ4v) is 4.38. The molecule has 2 nitrogen and oxygen atoms in total. The summed E-state index contributed by atoms with van der Waals surface area (Å²) >= 11 is 0. The summed E-state index contributed by atoms with van der Waals surface area (Å²) in [5, 5.41) is 0. The molecule has 3 rings (SSSR count). The number of unbranched alkanes of at least 4 members (excludes halogenated alkanes) is 6. The molecule has 28 heavy (non-hydrogen) atoms. The first kappa shape index (κ1) is 21.0. The SMILES string of the molecule is CCCCCCCCC1CCc2nc(-c3ccc(CCCC)cc3)ncc2C1. The van der Waals surface area contributed by atoms with Crippen molar-refractivity contribution in [2.24, 2.45) is 5.92 Å². The molecule has 0 amide bonds. The van der Waals surface area contributed by atoms with Crippen LogP contribution in [0.15, 0.2) is 30.5 Å². The predicted molar refractivity (Wildman–Crippen MR) is 120 cm³/mol. The van der Waals surface area contributed by atoms with E-state index < -0.39 is 0 Å². The van der Waals surface area contributed by atoms with Gasteiger partial charge in [-0.3, -0.25) is 0 Å². The van der Waals surface area contributed by atoms with Gasteiger partial charge in [-0.1, -0.05) is 89.5 Å². The highest BCUT2D eigenvalue weighted by atomic mass is 14.9. The Morgan fingerprint density at radius 2 is 1.64 bits per heavy atom. The van der Waals surface area contributed by atoms with Gasteiger partial charge in [0.1, 0.15) is 0 Å². The van der Waals surface area contributed by atoms with Gasteiger partial charge in [-0.2, -0.15) is 0 Å². The first-order valence-corrected chi connectivity index (χ1v) is 11.7. The molecule has 0 radical (unpaired) electrons. The van der Waals surface area contributed by atoms with Crippen LogP contribution in [0.4, 0.5) is 0 Å². The zero-order valence-corrected chi connectivity index (χ0v) is 18.1. The van der Waals surface area contributed by atoms with E-state index in [0.717, 1.165) is 23.7 Å². The lowest BCUT2D eigenvalue weighted by atomic mass is 9.84. The van der Waals surface area contributed by atoms with Crippen LogP contribution < -0.4 is 0 Å². The summed E-state index contributed by atoms with van der Waals surface area (Å²) in [4.78, 5) is 9.64. The second-order valence-electron chi connectivity index (χ2n) is 8.63. The van der Waals surface area contributed by atoms with E-state index in [1.54, 1.807) is 0 Å². The Kier molecular flexibility index (Phi) is 8.51. The van der Waals surface area contributed by atoms with Crippen LogP contribution in [0.3, 0.4) is 0 Å². The maximum atomic E-state index is 4.93. The van der Waals surface area contributed by atoms with Crippen molar-refractivity contribution in [2.75, 3.05) is 0 Å². The molecule has 0 N–H and O–H groups in total. The highest BCUT2D eigenvalue weighted by Gasteiger charge is 2.20. The monoisotopic (exact) mass is 378 g/mol. The fraction of sp³-hybridized carbons (Fsp3) is 0.615. The van der Waals surface area contributed by atoms with Gasteiger partial charge in [0.25, 0.3) is 0 Å². The normalized spacial score (nSPS) is 16.1. The molecule has 1 aromatic heterocycles. The summed E-state index contributed by atoms with van der Waals surface area (Å²) in [7, 11) is 0. The first-order valence-electron chi connectivity index (χ1n) is 11.7. The van der Waals surface area contributed by atoms with Crippen molar-refractivity contribution in [2.45, 2.75) is 97.3 Å². The van der Waals surface area contributed by atoms with Crippen LogP contribution in [0.25, 0.3) is 11.4 Å². The van der Waals surface area contributed by atoms with Crippen LogP contribution in [0.1, 0.15) is 94.9 Å². The van der Waals surface area contributed by atoms with Gasteiger partial charge in [0, 0.05) is 17.5 Å². The Bertz CT molecular complexity index is 705.